The van der Waals surface area contributed by atoms with Gasteiger partial charge in [-0.1, -0.05) is 60.7 Å². The van der Waals surface area contributed by atoms with Crippen LogP contribution in [0.1, 0.15) is 15.9 Å². The molecule has 0 aliphatic rings. The van der Waals surface area contributed by atoms with Crippen LogP contribution in [0.2, 0.25) is 0 Å². The monoisotopic (exact) mass is 454 g/mol. The quantitative estimate of drug-likeness (QED) is 0.279. The Morgan fingerprint density at radius 1 is 0.879 bits per heavy atom. The summed E-state index contributed by atoms with van der Waals surface area (Å²) in [5.74, 6) is 0.417. The van der Waals surface area contributed by atoms with Crippen LogP contribution in [-0.4, -0.2) is 17.0 Å². The molecule has 33 heavy (non-hydrogen) atoms. The molecular weight excluding hydrogens is 431 g/mol. The molecule has 0 atom stereocenters. The highest BCUT2D eigenvalue weighted by molar-refractivity contribution is 7.98. The van der Waals surface area contributed by atoms with Crippen molar-refractivity contribution in [2.75, 3.05) is 6.54 Å². The van der Waals surface area contributed by atoms with E-state index >= 15 is 0 Å². The number of amides is 1. The van der Waals surface area contributed by atoms with Crippen molar-refractivity contribution in [2.45, 2.75) is 17.2 Å². The van der Waals surface area contributed by atoms with Crippen LogP contribution in [0.15, 0.2) is 102 Å². The van der Waals surface area contributed by atoms with E-state index in [4.69, 9.17) is 0 Å². The first-order chi connectivity index (χ1) is 16.2. The van der Waals surface area contributed by atoms with Gasteiger partial charge in [-0.3, -0.25) is 4.79 Å². The van der Waals surface area contributed by atoms with Crippen LogP contribution in [0.25, 0.3) is 21.7 Å². The van der Waals surface area contributed by atoms with Crippen LogP contribution < -0.4 is 5.32 Å². The maximum atomic E-state index is 13.5. The molecule has 0 unspecified atom stereocenters. The first-order valence-electron chi connectivity index (χ1n) is 10.9. The van der Waals surface area contributed by atoms with Gasteiger partial charge in [0.05, 0.1) is 0 Å². The summed E-state index contributed by atoms with van der Waals surface area (Å²) in [7, 11) is 0. The van der Waals surface area contributed by atoms with Crippen LogP contribution in [0, 0.1) is 5.82 Å². The van der Waals surface area contributed by atoms with Gasteiger partial charge < -0.3 is 9.88 Å². The molecule has 0 aliphatic carbocycles. The molecule has 0 radical (unpaired) electrons. The zero-order chi connectivity index (χ0) is 22.6. The van der Waals surface area contributed by atoms with Crippen molar-refractivity contribution in [2.24, 2.45) is 0 Å². The minimum Gasteiger partial charge on any atom is -0.350 e. The zero-order valence-electron chi connectivity index (χ0n) is 18.0. The number of hydrogen-bond donors (Lipinski definition) is 1. The summed E-state index contributed by atoms with van der Waals surface area (Å²) in [6.45, 7) is 1.19. The number of nitrogens with one attached hydrogen (secondary N) is 1. The van der Waals surface area contributed by atoms with Crippen molar-refractivity contribution in [3.8, 4) is 0 Å². The fourth-order valence-corrected chi connectivity index (χ4v) is 5.06. The molecular formula is C28H23FN2OS. The lowest BCUT2D eigenvalue weighted by molar-refractivity contribution is 0.0952. The molecule has 164 valence electrons. The Labute approximate surface area is 196 Å². The fourth-order valence-electron chi connectivity index (χ4n) is 4.02. The normalized spacial score (nSPS) is 11.2. The molecule has 0 aliphatic heterocycles. The molecule has 5 aromatic rings. The molecule has 0 fully saturated rings. The standard InChI is InChI=1S/C28H23FN2OS/c29-24-9-5-6-20(16-24)19-33-27-18-31(26-11-4-3-10-25(26)27)15-14-30-28(32)23-13-12-21-7-1-2-8-22(21)17-23/h1-13,16-18H,14-15,19H2,(H,30,32). The number of thioether (sulfide) groups is 1. The highest BCUT2D eigenvalue weighted by Gasteiger charge is 2.10. The lowest BCUT2D eigenvalue weighted by Crippen LogP contribution is -2.27. The van der Waals surface area contributed by atoms with Gasteiger partial charge in [0.1, 0.15) is 5.82 Å². The number of para-hydroxylation sites is 1. The number of carbonyl (C=O) groups is 1. The van der Waals surface area contributed by atoms with Gasteiger partial charge in [-0.05, 0) is 46.7 Å². The molecule has 5 rings (SSSR count). The molecule has 1 aromatic heterocycles. The second kappa shape index (κ2) is 9.51. The number of carbonyl (C=O) groups excluding carboxylic acids is 1. The van der Waals surface area contributed by atoms with Gasteiger partial charge in [0.25, 0.3) is 5.91 Å². The zero-order valence-corrected chi connectivity index (χ0v) is 18.8. The second-order valence-electron chi connectivity index (χ2n) is 7.94. The first kappa shape index (κ1) is 21.3. The Balaban J connectivity index is 1.27. The number of benzene rings is 4. The molecule has 1 amide bonds. The van der Waals surface area contributed by atoms with Crippen LogP contribution in [-0.2, 0) is 12.3 Å². The number of rotatable bonds is 7. The smallest absolute Gasteiger partial charge is 0.251 e. The molecule has 0 saturated heterocycles. The SMILES string of the molecule is O=C(NCCn1cc(SCc2cccc(F)c2)c2ccccc21)c1ccc2ccccc2c1. The van der Waals surface area contributed by atoms with Gasteiger partial charge in [-0.25, -0.2) is 4.39 Å². The lowest BCUT2D eigenvalue weighted by atomic mass is 10.1. The van der Waals surface area contributed by atoms with E-state index < -0.39 is 0 Å². The predicted molar refractivity (Wildman–Crippen MR) is 134 cm³/mol. The van der Waals surface area contributed by atoms with Crippen LogP contribution in [0.5, 0.6) is 0 Å². The van der Waals surface area contributed by atoms with E-state index in [1.807, 2.05) is 60.7 Å². The third kappa shape index (κ3) is 4.78. The van der Waals surface area contributed by atoms with Crippen molar-refractivity contribution >= 4 is 39.3 Å². The summed E-state index contributed by atoms with van der Waals surface area (Å²) >= 11 is 1.70. The van der Waals surface area contributed by atoms with E-state index in [1.165, 1.54) is 11.5 Å². The number of nitrogens with zero attached hydrogens (tertiary/aromatic N) is 1. The third-order valence-corrected chi connectivity index (χ3v) is 6.80. The maximum absolute atomic E-state index is 13.5. The summed E-state index contributed by atoms with van der Waals surface area (Å²) in [6.07, 6.45) is 2.12. The topological polar surface area (TPSA) is 34.0 Å². The average molecular weight is 455 g/mol. The second-order valence-corrected chi connectivity index (χ2v) is 8.96. The molecule has 0 saturated carbocycles. The summed E-state index contributed by atoms with van der Waals surface area (Å²) in [4.78, 5) is 13.8. The number of halogens is 1. The van der Waals surface area contributed by atoms with E-state index in [9.17, 15) is 9.18 Å². The number of aromatic nitrogens is 1. The van der Waals surface area contributed by atoms with Gasteiger partial charge in [0.2, 0.25) is 0 Å². The van der Waals surface area contributed by atoms with Crippen molar-refractivity contribution in [3.63, 3.8) is 0 Å². The van der Waals surface area contributed by atoms with Crippen molar-refractivity contribution in [3.05, 3.63) is 114 Å². The lowest BCUT2D eigenvalue weighted by Gasteiger charge is -2.08. The van der Waals surface area contributed by atoms with Crippen LogP contribution >= 0.6 is 11.8 Å². The highest BCUT2D eigenvalue weighted by Crippen LogP contribution is 2.32. The molecule has 0 bridgehead atoms. The van der Waals surface area contributed by atoms with E-state index in [2.05, 4.69) is 28.2 Å². The Kier molecular flexibility index (Phi) is 6.13. The molecule has 3 nitrogen and oxygen atoms in total. The average Bonchev–Trinajstić information content (AvgIpc) is 3.20. The van der Waals surface area contributed by atoms with Gasteiger partial charge in [0.15, 0.2) is 0 Å². The Hall–Kier alpha value is -3.57. The van der Waals surface area contributed by atoms with E-state index in [0.29, 0.717) is 24.4 Å². The number of hydrogen-bond acceptors (Lipinski definition) is 2. The van der Waals surface area contributed by atoms with Gasteiger partial charge in [0, 0.05) is 46.4 Å². The molecule has 5 heteroatoms. The number of fused-ring (bicyclic) bond motifs is 2. The molecule has 1 heterocycles. The summed E-state index contributed by atoms with van der Waals surface area (Å²) in [6, 6.07) is 28.8. The predicted octanol–water partition coefficient (Wildman–Crippen LogP) is 6.66. The summed E-state index contributed by atoms with van der Waals surface area (Å²) in [5.41, 5.74) is 2.75. The Morgan fingerprint density at radius 2 is 1.70 bits per heavy atom. The van der Waals surface area contributed by atoms with Crippen molar-refractivity contribution < 1.29 is 9.18 Å². The Bertz CT molecular complexity index is 1440. The highest BCUT2D eigenvalue weighted by atomic mass is 32.2. The molecule has 1 N–H and O–H groups in total. The largest absolute Gasteiger partial charge is 0.350 e. The van der Waals surface area contributed by atoms with E-state index in [1.54, 1.807) is 23.9 Å². The molecule has 4 aromatic carbocycles. The third-order valence-electron chi connectivity index (χ3n) is 5.69. The van der Waals surface area contributed by atoms with Gasteiger partial charge >= 0.3 is 0 Å². The van der Waals surface area contributed by atoms with Crippen LogP contribution in [0.3, 0.4) is 0 Å². The van der Waals surface area contributed by atoms with Gasteiger partial charge in [-0.2, -0.15) is 0 Å². The summed E-state index contributed by atoms with van der Waals surface area (Å²) < 4.78 is 15.7. The molecule has 0 spiro atoms. The Morgan fingerprint density at radius 3 is 2.58 bits per heavy atom. The van der Waals surface area contributed by atoms with Crippen molar-refractivity contribution in [1.82, 2.24) is 9.88 Å². The summed E-state index contributed by atoms with van der Waals surface area (Å²) in [5, 5.41) is 6.39. The first-order valence-corrected chi connectivity index (χ1v) is 11.9. The fraction of sp³-hybridized carbons (Fsp3) is 0.107. The maximum Gasteiger partial charge on any atom is 0.251 e. The van der Waals surface area contributed by atoms with Crippen LogP contribution in [0.4, 0.5) is 4.39 Å². The minimum absolute atomic E-state index is 0.0714. The van der Waals surface area contributed by atoms with Crippen molar-refractivity contribution in [1.29, 1.82) is 0 Å². The van der Waals surface area contributed by atoms with Gasteiger partial charge in [-0.15, -0.1) is 11.8 Å². The minimum atomic E-state index is -0.210. The van der Waals surface area contributed by atoms with E-state index in [0.717, 1.165) is 26.7 Å². The van der Waals surface area contributed by atoms with E-state index in [-0.39, 0.29) is 11.7 Å².